The van der Waals surface area contributed by atoms with Crippen LogP contribution in [-0.4, -0.2) is 5.91 Å². The van der Waals surface area contributed by atoms with Gasteiger partial charge in [0, 0.05) is 6.54 Å². The van der Waals surface area contributed by atoms with Crippen LogP contribution in [0.1, 0.15) is 16.7 Å². The zero-order valence-corrected chi connectivity index (χ0v) is 11.1. The van der Waals surface area contributed by atoms with Gasteiger partial charge in [-0.05, 0) is 41.8 Å². The topological polar surface area (TPSA) is 29.1 Å². The van der Waals surface area contributed by atoms with Crippen molar-refractivity contribution in [3.05, 3.63) is 70.8 Å². The van der Waals surface area contributed by atoms with E-state index in [0.717, 1.165) is 5.56 Å². The van der Waals surface area contributed by atoms with Gasteiger partial charge in [-0.3, -0.25) is 4.79 Å². The summed E-state index contributed by atoms with van der Waals surface area (Å²) in [5.41, 5.74) is 2.00. The van der Waals surface area contributed by atoms with Crippen molar-refractivity contribution in [2.75, 3.05) is 0 Å². The molecule has 0 unspecified atom stereocenters. The summed E-state index contributed by atoms with van der Waals surface area (Å²) in [7, 11) is 0. The van der Waals surface area contributed by atoms with Crippen LogP contribution >= 0.6 is 0 Å². The van der Waals surface area contributed by atoms with Gasteiger partial charge >= 0.3 is 0 Å². The Kier molecular flexibility index (Phi) is 4.45. The van der Waals surface area contributed by atoms with Crippen molar-refractivity contribution in [2.45, 2.75) is 19.9 Å². The fourth-order valence-electron chi connectivity index (χ4n) is 1.91. The van der Waals surface area contributed by atoms with Crippen LogP contribution in [-0.2, 0) is 17.8 Å². The summed E-state index contributed by atoms with van der Waals surface area (Å²) >= 11 is 0. The Hall–Kier alpha value is -2.23. The highest BCUT2D eigenvalue weighted by molar-refractivity contribution is 5.78. The predicted octanol–water partition coefficient (Wildman–Crippen LogP) is 3.13. The lowest BCUT2D eigenvalue weighted by Crippen LogP contribution is -2.24. The molecule has 104 valence electrons. The Labute approximate surface area is 116 Å². The molecule has 0 fully saturated rings. The first kappa shape index (κ1) is 14.2. The van der Waals surface area contributed by atoms with Crippen LogP contribution < -0.4 is 5.32 Å². The average molecular weight is 275 g/mol. The van der Waals surface area contributed by atoms with Crippen LogP contribution in [0.5, 0.6) is 0 Å². The summed E-state index contributed by atoms with van der Waals surface area (Å²) in [5.74, 6) is -0.818. The summed E-state index contributed by atoms with van der Waals surface area (Å²) in [5, 5.41) is 2.73. The quantitative estimate of drug-likeness (QED) is 0.912. The number of carbonyl (C=O) groups is 1. The van der Waals surface area contributed by atoms with E-state index >= 15 is 0 Å². The van der Waals surface area contributed by atoms with Gasteiger partial charge in [0.15, 0.2) is 0 Å². The molecule has 1 amide bonds. The SMILES string of the molecule is Cc1cc(CNC(=O)Cc2cccc(F)c2)ccc1F. The van der Waals surface area contributed by atoms with Gasteiger partial charge in [-0.25, -0.2) is 8.78 Å². The molecule has 20 heavy (non-hydrogen) atoms. The van der Waals surface area contributed by atoms with Crippen LogP contribution in [0.25, 0.3) is 0 Å². The normalized spacial score (nSPS) is 10.3. The number of rotatable bonds is 4. The fraction of sp³-hybridized carbons (Fsp3) is 0.188. The number of hydrogen-bond donors (Lipinski definition) is 1. The Morgan fingerprint density at radius 1 is 1.10 bits per heavy atom. The molecule has 0 aromatic heterocycles. The number of carbonyl (C=O) groups excluding carboxylic acids is 1. The molecule has 0 aliphatic heterocycles. The molecule has 1 N–H and O–H groups in total. The van der Waals surface area contributed by atoms with Crippen molar-refractivity contribution in [1.82, 2.24) is 5.32 Å². The Bertz CT molecular complexity index is 626. The van der Waals surface area contributed by atoms with E-state index < -0.39 is 0 Å². The second-order valence-corrected chi connectivity index (χ2v) is 4.67. The maximum Gasteiger partial charge on any atom is 0.224 e. The van der Waals surface area contributed by atoms with Crippen molar-refractivity contribution in [3.8, 4) is 0 Å². The lowest BCUT2D eigenvalue weighted by molar-refractivity contribution is -0.120. The molecular weight excluding hydrogens is 260 g/mol. The predicted molar refractivity (Wildman–Crippen MR) is 73.1 cm³/mol. The number of halogens is 2. The van der Waals surface area contributed by atoms with E-state index in [1.807, 2.05) is 0 Å². The third-order valence-corrected chi connectivity index (χ3v) is 2.97. The molecule has 4 heteroatoms. The van der Waals surface area contributed by atoms with Gasteiger partial charge < -0.3 is 5.32 Å². The molecule has 0 saturated carbocycles. The van der Waals surface area contributed by atoms with Gasteiger partial charge in [0.25, 0.3) is 0 Å². The molecule has 0 aliphatic carbocycles. The Morgan fingerprint density at radius 3 is 2.60 bits per heavy atom. The van der Waals surface area contributed by atoms with Crippen molar-refractivity contribution in [2.24, 2.45) is 0 Å². The summed E-state index contributed by atoms with van der Waals surface area (Å²) in [6, 6.07) is 10.6. The maximum atomic E-state index is 13.1. The second kappa shape index (κ2) is 6.28. The summed E-state index contributed by atoms with van der Waals surface area (Å²) < 4.78 is 26.1. The zero-order chi connectivity index (χ0) is 14.5. The number of benzene rings is 2. The van der Waals surface area contributed by atoms with E-state index in [1.54, 1.807) is 31.2 Å². The minimum Gasteiger partial charge on any atom is -0.352 e. The Balaban J connectivity index is 1.90. The largest absolute Gasteiger partial charge is 0.352 e. The lowest BCUT2D eigenvalue weighted by Gasteiger charge is -2.07. The molecular formula is C16H15F2NO. The smallest absolute Gasteiger partial charge is 0.224 e. The van der Waals surface area contributed by atoms with Crippen LogP contribution in [0.15, 0.2) is 42.5 Å². The first-order chi connectivity index (χ1) is 9.54. The highest BCUT2D eigenvalue weighted by Crippen LogP contribution is 2.09. The highest BCUT2D eigenvalue weighted by atomic mass is 19.1. The number of nitrogens with one attached hydrogen (secondary N) is 1. The Morgan fingerprint density at radius 2 is 1.90 bits per heavy atom. The number of amides is 1. The molecule has 0 heterocycles. The van der Waals surface area contributed by atoms with Crippen LogP contribution in [0.3, 0.4) is 0 Å². The van der Waals surface area contributed by atoms with Crippen LogP contribution in [0.4, 0.5) is 8.78 Å². The van der Waals surface area contributed by atoms with Crippen molar-refractivity contribution in [3.63, 3.8) is 0 Å². The van der Waals surface area contributed by atoms with E-state index in [-0.39, 0.29) is 24.0 Å². The first-order valence-electron chi connectivity index (χ1n) is 6.31. The van der Waals surface area contributed by atoms with Gasteiger partial charge in [-0.15, -0.1) is 0 Å². The highest BCUT2D eigenvalue weighted by Gasteiger charge is 2.05. The molecule has 2 aromatic carbocycles. The summed E-state index contributed by atoms with van der Waals surface area (Å²) in [4.78, 5) is 11.7. The lowest BCUT2D eigenvalue weighted by atomic mass is 10.1. The van der Waals surface area contributed by atoms with Crippen LogP contribution in [0.2, 0.25) is 0 Å². The fourth-order valence-corrected chi connectivity index (χ4v) is 1.91. The molecule has 0 radical (unpaired) electrons. The number of aryl methyl sites for hydroxylation is 1. The van der Waals surface area contributed by atoms with E-state index in [0.29, 0.717) is 17.7 Å². The van der Waals surface area contributed by atoms with Crippen molar-refractivity contribution < 1.29 is 13.6 Å². The number of hydrogen-bond acceptors (Lipinski definition) is 1. The van der Waals surface area contributed by atoms with E-state index in [2.05, 4.69) is 5.32 Å². The minimum atomic E-state index is -0.357. The molecule has 0 saturated heterocycles. The van der Waals surface area contributed by atoms with Gasteiger partial charge in [0.05, 0.1) is 6.42 Å². The average Bonchev–Trinajstić information content (AvgIpc) is 2.40. The standard InChI is InChI=1S/C16H15F2NO/c1-11-7-13(5-6-15(11)18)10-19-16(20)9-12-3-2-4-14(17)8-12/h2-8H,9-10H2,1H3,(H,19,20). The maximum absolute atomic E-state index is 13.1. The monoisotopic (exact) mass is 275 g/mol. The molecule has 2 rings (SSSR count). The van der Waals surface area contributed by atoms with Gasteiger partial charge in [0.2, 0.25) is 5.91 Å². The van der Waals surface area contributed by atoms with E-state index in [9.17, 15) is 13.6 Å². The van der Waals surface area contributed by atoms with Crippen LogP contribution in [0, 0.1) is 18.6 Å². The molecule has 0 atom stereocenters. The zero-order valence-electron chi connectivity index (χ0n) is 11.1. The first-order valence-corrected chi connectivity index (χ1v) is 6.31. The van der Waals surface area contributed by atoms with Gasteiger partial charge in [0.1, 0.15) is 11.6 Å². The molecule has 0 aliphatic rings. The molecule has 0 spiro atoms. The molecule has 2 nitrogen and oxygen atoms in total. The van der Waals surface area contributed by atoms with E-state index in [4.69, 9.17) is 0 Å². The molecule has 0 bridgehead atoms. The minimum absolute atomic E-state index is 0.123. The summed E-state index contributed by atoms with van der Waals surface area (Å²) in [6.45, 7) is 2.00. The summed E-state index contributed by atoms with van der Waals surface area (Å²) in [6.07, 6.45) is 0.123. The van der Waals surface area contributed by atoms with E-state index in [1.165, 1.54) is 18.2 Å². The van der Waals surface area contributed by atoms with Gasteiger partial charge in [-0.2, -0.15) is 0 Å². The second-order valence-electron chi connectivity index (χ2n) is 4.67. The molecule has 2 aromatic rings. The van der Waals surface area contributed by atoms with Crippen molar-refractivity contribution in [1.29, 1.82) is 0 Å². The third-order valence-electron chi connectivity index (χ3n) is 2.97. The third kappa shape index (κ3) is 3.88. The van der Waals surface area contributed by atoms with Crippen molar-refractivity contribution >= 4 is 5.91 Å². The van der Waals surface area contributed by atoms with Gasteiger partial charge in [-0.1, -0.05) is 24.3 Å².